The largest absolute Gasteiger partial charge is 0.507 e. The highest BCUT2D eigenvalue weighted by atomic mass is 35.5. The molecular formula is C20H16ClFN2O2S. The number of nitrogens with zero attached hydrogens (tertiary/aromatic N) is 1. The number of hydrogen-bond donors (Lipinski definition) is 2. The summed E-state index contributed by atoms with van der Waals surface area (Å²) in [6.45, 7) is 0.231. The fourth-order valence-corrected chi connectivity index (χ4v) is 3.82. The molecule has 4 rings (SSSR count). The minimum absolute atomic E-state index is 0.162. The van der Waals surface area contributed by atoms with Crippen LogP contribution in [-0.2, 0) is 6.54 Å². The van der Waals surface area contributed by atoms with E-state index in [2.05, 4.69) is 10.3 Å². The summed E-state index contributed by atoms with van der Waals surface area (Å²) in [6, 6.07) is 9.31. The summed E-state index contributed by atoms with van der Waals surface area (Å²) in [5.41, 5.74) is 1.92. The van der Waals surface area contributed by atoms with E-state index in [4.69, 9.17) is 11.6 Å². The van der Waals surface area contributed by atoms with E-state index in [-0.39, 0.29) is 17.9 Å². The molecule has 0 radical (unpaired) electrons. The number of aromatic nitrogens is 1. The van der Waals surface area contributed by atoms with Crippen molar-refractivity contribution in [3.8, 4) is 16.3 Å². The number of phenols is 1. The number of phenolic OH excluding ortho intramolecular Hbond substituents is 1. The number of thiazole rings is 1. The molecule has 1 aliphatic rings. The lowest BCUT2D eigenvalue weighted by Crippen LogP contribution is -2.23. The molecule has 1 amide bonds. The van der Waals surface area contributed by atoms with Gasteiger partial charge in [0.05, 0.1) is 16.8 Å². The molecular weight excluding hydrogens is 387 g/mol. The Hall–Kier alpha value is -2.44. The maximum atomic E-state index is 14.5. The molecule has 138 valence electrons. The van der Waals surface area contributed by atoms with E-state index in [9.17, 15) is 14.3 Å². The SMILES string of the molecule is O=C(NCc1ccc(Cl)cc1)c1cc(O)c(-c2nc(C3CC3)cs2)cc1F. The molecule has 0 bridgehead atoms. The van der Waals surface area contributed by atoms with Crippen molar-refractivity contribution >= 4 is 28.8 Å². The van der Waals surface area contributed by atoms with Crippen molar-refractivity contribution in [2.75, 3.05) is 0 Å². The average Bonchev–Trinajstić information content (AvgIpc) is 3.40. The Morgan fingerprint density at radius 2 is 2.04 bits per heavy atom. The zero-order chi connectivity index (χ0) is 19.0. The van der Waals surface area contributed by atoms with Crippen LogP contribution in [0.4, 0.5) is 4.39 Å². The number of aromatic hydroxyl groups is 1. The van der Waals surface area contributed by atoms with E-state index in [1.165, 1.54) is 17.4 Å². The van der Waals surface area contributed by atoms with Gasteiger partial charge in [0.25, 0.3) is 5.91 Å². The van der Waals surface area contributed by atoms with Crippen molar-refractivity contribution in [3.05, 3.63) is 69.4 Å². The van der Waals surface area contributed by atoms with Gasteiger partial charge in [0.2, 0.25) is 0 Å². The van der Waals surface area contributed by atoms with Crippen LogP contribution in [0.15, 0.2) is 41.8 Å². The molecule has 1 heterocycles. The van der Waals surface area contributed by atoms with Gasteiger partial charge >= 0.3 is 0 Å². The predicted octanol–water partition coefficient (Wildman–Crippen LogP) is 5.12. The van der Waals surface area contributed by atoms with Crippen LogP contribution in [0, 0.1) is 5.82 Å². The van der Waals surface area contributed by atoms with E-state index in [0.717, 1.165) is 30.2 Å². The number of benzene rings is 2. The number of amides is 1. The van der Waals surface area contributed by atoms with Gasteiger partial charge in [0.15, 0.2) is 0 Å². The molecule has 3 aromatic rings. The molecule has 2 aromatic carbocycles. The van der Waals surface area contributed by atoms with Gasteiger partial charge < -0.3 is 10.4 Å². The molecule has 0 aliphatic heterocycles. The molecule has 4 nitrogen and oxygen atoms in total. The number of hydrogen-bond acceptors (Lipinski definition) is 4. The highest BCUT2D eigenvalue weighted by Gasteiger charge is 2.27. The first-order valence-corrected chi connectivity index (χ1v) is 9.78. The van der Waals surface area contributed by atoms with Gasteiger partial charge in [-0.25, -0.2) is 9.37 Å². The van der Waals surface area contributed by atoms with Crippen molar-refractivity contribution in [1.82, 2.24) is 10.3 Å². The van der Waals surface area contributed by atoms with Crippen LogP contribution in [0.25, 0.3) is 10.6 Å². The summed E-state index contributed by atoms with van der Waals surface area (Å²) in [7, 11) is 0. The van der Waals surface area contributed by atoms with Crippen LogP contribution in [0.5, 0.6) is 5.75 Å². The Kier molecular flexibility index (Phi) is 4.85. The van der Waals surface area contributed by atoms with E-state index >= 15 is 0 Å². The molecule has 0 atom stereocenters. The van der Waals surface area contributed by atoms with Crippen LogP contribution >= 0.6 is 22.9 Å². The maximum absolute atomic E-state index is 14.5. The lowest BCUT2D eigenvalue weighted by Gasteiger charge is -2.09. The standard InChI is InChI=1S/C20H16ClFN2O2S/c21-13-5-1-11(2-6-13)9-23-19(26)14-8-18(25)15(7-16(14)22)20-24-17(10-27-20)12-3-4-12/h1-2,5-8,10,12,25H,3-4,9H2,(H,23,26). The van der Waals surface area contributed by atoms with Crippen LogP contribution in [0.1, 0.15) is 40.4 Å². The summed E-state index contributed by atoms with van der Waals surface area (Å²) < 4.78 is 14.5. The fourth-order valence-electron chi connectivity index (χ4n) is 2.76. The summed E-state index contributed by atoms with van der Waals surface area (Å²) in [5, 5.41) is 16.0. The number of carbonyl (C=O) groups excluding carboxylic acids is 1. The Labute approximate surface area is 164 Å². The number of halogens is 2. The van der Waals surface area contributed by atoms with Gasteiger partial charge in [-0.1, -0.05) is 23.7 Å². The zero-order valence-corrected chi connectivity index (χ0v) is 15.8. The van der Waals surface area contributed by atoms with Gasteiger partial charge in [-0.3, -0.25) is 4.79 Å². The monoisotopic (exact) mass is 402 g/mol. The molecule has 1 fully saturated rings. The Balaban J connectivity index is 1.51. The topological polar surface area (TPSA) is 62.2 Å². The third kappa shape index (κ3) is 3.96. The molecule has 1 aliphatic carbocycles. The lowest BCUT2D eigenvalue weighted by molar-refractivity contribution is 0.0946. The van der Waals surface area contributed by atoms with Gasteiger partial charge in [-0.05, 0) is 42.7 Å². The number of nitrogens with one attached hydrogen (secondary N) is 1. The molecule has 1 aromatic heterocycles. The highest BCUT2D eigenvalue weighted by molar-refractivity contribution is 7.13. The van der Waals surface area contributed by atoms with Crippen LogP contribution in [-0.4, -0.2) is 16.0 Å². The van der Waals surface area contributed by atoms with Crippen LogP contribution in [0.2, 0.25) is 5.02 Å². The summed E-state index contributed by atoms with van der Waals surface area (Å²) >= 11 is 7.19. The van der Waals surface area contributed by atoms with E-state index < -0.39 is 11.7 Å². The van der Waals surface area contributed by atoms with Crippen molar-refractivity contribution in [2.24, 2.45) is 0 Å². The van der Waals surface area contributed by atoms with Crippen LogP contribution < -0.4 is 5.32 Å². The zero-order valence-electron chi connectivity index (χ0n) is 14.2. The van der Waals surface area contributed by atoms with Crippen molar-refractivity contribution in [3.63, 3.8) is 0 Å². The first-order chi connectivity index (χ1) is 13.0. The lowest BCUT2D eigenvalue weighted by atomic mass is 10.1. The second-order valence-corrected chi connectivity index (χ2v) is 7.80. The number of rotatable bonds is 5. The first kappa shape index (κ1) is 17.9. The molecule has 7 heteroatoms. The molecule has 0 unspecified atom stereocenters. The first-order valence-electron chi connectivity index (χ1n) is 8.52. The predicted molar refractivity (Wildman–Crippen MR) is 104 cm³/mol. The summed E-state index contributed by atoms with van der Waals surface area (Å²) in [5.74, 6) is -0.966. The Bertz CT molecular complexity index is 1000. The summed E-state index contributed by atoms with van der Waals surface area (Å²) in [6.07, 6.45) is 2.24. The van der Waals surface area contributed by atoms with Gasteiger partial charge in [-0.2, -0.15) is 0 Å². The quantitative estimate of drug-likeness (QED) is 0.623. The van der Waals surface area contributed by atoms with Crippen LogP contribution in [0.3, 0.4) is 0 Å². The second kappa shape index (κ2) is 7.29. The Morgan fingerprint density at radius 1 is 1.30 bits per heavy atom. The second-order valence-electron chi connectivity index (χ2n) is 6.51. The molecule has 2 N–H and O–H groups in total. The van der Waals surface area contributed by atoms with Crippen molar-refractivity contribution in [1.29, 1.82) is 0 Å². The maximum Gasteiger partial charge on any atom is 0.254 e. The van der Waals surface area contributed by atoms with Gasteiger partial charge in [0, 0.05) is 22.9 Å². The van der Waals surface area contributed by atoms with E-state index in [0.29, 0.717) is 21.5 Å². The molecule has 0 spiro atoms. The smallest absolute Gasteiger partial charge is 0.254 e. The molecule has 1 saturated carbocycles. The normalized spacial score (nSPS) is 13.6. The fraction of sp³-hybridized carbons (Fsp3) is 0.200. The van der Waals surface area contributed by atoms with E-state index in [1.807, 2.05) is 5.38 Å². The third-order valence-electron chi connectivity index (χ3n) is 4.44. The Morgan fingerprint density at radius 3 is 2.74 bits per heavy atom. The summed E-state index contributed by atoms with van der Waals surface area (Å²) in [4.78, 5) is 16.8. The minimum Gasteiger partial charge on any atom is -0.507 e. The highest BCUT2D eigenvalue weighted by Crippen LogP contribution is 2.42. The molecule has 0 saturated heterocycles. The third-order valence-corrected chi connectivity index (χ3v) is 5.59. The van der Waals surface area contributed by atoms with Gasteiger partial charge in [-0.15, -0.1) is 11.3 Å². The van der Waals surface area contributed by atoms with Crippen molar-refractivity contribution in [2.45, 2.75) is 25.3 Å². The van der Waals surface area contributed by atoms with Crippen molar-refractivity contribution < 1.29 is 14.3 Å². The van der Waals surface area contributed by atoms with E-state index in [1.54, 1.807) is 24.3 Å². The van der Waals surface area contributed by atoms with Gasteiger partial charge in [0.1, 0.15) is 16.6 Å². The number of carbonyl (C=O) groups is 1. The minimum atomic E-state index is -0.695. The average molecular weight is 403 g/mol. The molecule has 27 heavy (non-hydrogen) atoms.